The van der Waals surface area contributed by atoms with Gasteiger partial charge in [-0.2, -0.15) is 5.10 Å². The number of rotatable bonds is 4. The fourth-order valence-corrected chi connectivity index (χ4v) is 3.02. The van der Waals surface area contributed by atoms with Gasteiger partial charge in [0, 0.05) is 6.04 Å². The Bertz CT molecular complexity index is 381. The fourth-order valence-electron chi connectivity index (χ4n) is 2.43. The average molecular weight is 268 g/mol. The number of thioether (sulfide) groups is 1. The molecule has 0 aliphatic heterocycles. The van der Waals surface area contributed by atoms with Crippen LogP contribution in [0.1, 0.15) is 33.1 Å². The molecule has 3 atom stereocenters. The SMILES string of the molecule is CC1CCCC(NC(=O)CSc2ncn[nH]2)C1C. The minimum atomic E-state index is 0.0855. The molecule has 3 unspecified atom stereocenters. The topological polar surface area (TPSA) is 70.7 Å². The second-order valence-corrected chi connectivity index (χ2v) is 5.98. The van der Waals surface area contributed by atoms with Crippen LogP contribution in [-0.2, 0) is 4.79 Å². The summed E-state index contributed by atoms with van der Waals surface area (Å²) >= 11 is 1.38. The maximum Gasteiger partial charge on any atom is 0.230 e. The Morgan fingerprint density at radius 1 is 1.56 bits per heavy atom. The van der Waals surface area contributed by atoms with Crippen molar-refractivity contribution in [2.45, 2.75) is 44.3 Å². The molecule has 0 saturated heterocycles. The summed E-state index contributed by atoms with van der Waals surface area (Å²) in [7, 11) is 0. The zero-order chi connectivity index (χ0) is 13.0. The highest BCUT2D eigenvalue weighted by Gasteiger charge is 2.27. The molecule has 18 heavy (non-hydrogen) atoms. The number of carbonyl (C=O) groups excluding carboxylic acids is 1. The van der Waals surface area contributed by atoms with E-state index in [-0.39, 0.29) is 5.91 Å². The second-order valence-electron chi connectivity index (χ2n) is 5.02. The molecule has 100 valence electrons. The number of nitrogens with zero attached hydrogens (tertiary/aromatic N) is 2. The third-order valence-electron chi connectivity index (χ3n) is 3.79. The molecule has 6 heteroatoms. The van der Waals surface area contributed by atoms with Crippen molar-refractivity contribution in [1.29, 1.82) is 0 Å². The summed E-state index contributed by atoms with van der Waals surface area (Å²) in [4.78, 5) is 15.8. The van der Waals surface area contributed by atoms with E-state index in [1.807, 2.05) is 0 Å². The molecule has 0 radical (unpaired) electrons. The number of amides is 1. The molecule has 0 spiro atoms. The van der Waals surface area contributed by atoms with Gasteiger partial charge in [0.1, 0.15) is 6.33 Å². The lowest BCUT2D eigenvalue weighted by atomic mass is 9.78. The van der Waals surface area contributed by atoms with E-state index in [0.29, 0.717) is 28.8 Å². The van der Waals surface area contributed by atoms with Crippen LogP contribution in [0.3, 0.4) is 0 Å². The number of hydrogen-bond acceptors (Lipinski definition) is 4. The van der Waals surface area contributed by atoms with E-state index < -0.39 is 0 Å². The summed E-state index contributed by atoms with van der Waals surface area (Å²) < 4.78 is 0. The smallest absolute Gasteiger partial charge is 0.230 e. The second kappa shape index (κ2) is 6.22. The predicted molar refractivity (Wildman–Crippen MR) is 71.2 cm³/mol. The zero-order valence-electron chi connectivity index (χ0n) is 10.8. The molecule has 1 amide bonds. The van der Waals surface area contributed by atoms with Gasteiger partial charge in [0.2, 0.25) is 5.91 Å². The maximum atomic E-state index is 11.9. The summed E-state index contributed by atoms with van der Waals surface area (Å²) in [5.74, 6) is 1.75. The highest BCUT2D eigenvalue weighted by molar-refractivity contribution is 7.99. The predicted octanol–water partition coefficient (Wildman–Crippen LogP) is 1.84. The van der Waals surface area contributed by atoms with Crippen molar-refractivity contribution in [1.82, 2.24) is 20.5 Å². The zero-order valence-corrected chi connectivity index (χ0v) is 11.7. The molecule has 1 saturated carbocycles. The van der Waals surface area contributed by atoms with Crippen molar-refractivity contribution >= 4 is 17.7 Å². The summed E-state index contributed by atoms with van der Waals surface area (Å²) in [5.41, 5.74) is 0. The summed E-state index contributed by atoms with van der Waals surface area (Å²) in [6.07, 6.45) is 5.04. The first-order chi connectivity index (χ1) is 8.66. The molecular weight excluding hydrogens is 248 g/mol. The minimum absolute atomic E-state index is 0.0855. The first kappa shape index (κ1) is 13.4. The van der Waals surface area contributed by atoms with Crippen molar-refractivity contribution in [3.63, 3.8) is 0 Å². The lowest BCUT2D eigenvalue weighted by molar-refractivity contribution is -0.120. The van der Waals surface area contributed by atoms with Gasteiger partial charge in [-0.3, -0.25) is 9.89 Å². The van der Waals surface area contributed by atoms with Crippen molar-refractivity contribution in [2.75, 3.05) is 5.75 Å². The molecule has 0 bridgehead atoms. The third-order valence-corrected chi connectivity index (χ3v) is 4.66. The first-order valence-electron chi connectivity index (χ1n) is 6.44. The van der Waals surface area contributed by atoms with Gasteiger partial charge in [0.05, 0.1) is 5.75 Å². The number of aromatic nitrogens is 3. The molecular formula is C12H20N4OS. The molecule has 1 aliphatic rings. The highest BCUT2D eigenvalue weighted by Crippen LogP contribution is 2.29. The molecule has 1 aliphatic carbocycles. The molecule has 1 fully saturated rings. The minimum Gasteiger partial charge on any atom is -0.352 e. The van der Waals surface area contributed by atoms with Crippen molar-refractivity contribution in [3.8, 4) is 0 Å². The lowest BCUT2D eigenvalue weighted by Gasteiger charge is -2.34. The molecule has 1 heterocycles. The van der Waals surface area contributed by atoms with Gasteiger partial charge in [-0.05, 0) is 18.3 Å². The van der Waals surface area contributed by atoms with E-state index in [2.05, 4.69) is 34.3 Å². The van der Waals surface area contributed by atoms with Crippen LogP contribution in [0.4, 0.5) is 0 Å². The number of carbonyl (C=O) groups is 1. The van der Waals surface area contributed by atoms with Crippen LogP contribution in [0.5, 0.6) is 0 Å². The average Bonchev–Trinajstić information content (AvgIpc) is 2.86. The molecule has 1 aromatic heterocycles. The van der Waals surface area contributed by atoms with Crippen LogP contribution < -0.4 is 5.32 Å². The largest absolute Gasteiger partial charge is 0.352 e. The van der Waals surface area contributed by atoms with Gasteiger partial charge >= 0.3 is 0 Å². The van der Waals surface area contributed by atoms with E-state index in [4.69, 9.17) is 0 Å². The van der Waals surface area contributed by atoms with E-state index in [9.17, 15) is 4.79 Å². The third kappa shape index (κ3) is 3.48. The molecule has 0 aromatic carbocycles. The van der Waals surface area contributed by atoms with Crippen LogP contribution in [0.15, 0.2) is 11.5 Å². The Balaban J connectivity index is 1.76. The van der Waals surface area contributed by atoms with Crippen LogP contribution >= 0.6 is 11.8 Å². The summed E-state index contributed by atoms with van der Waals surface area (Å²) in [6, 6.07) is 0.330. The van der Waals surface area contributed by atoms with Crippen LogP contribution in [-0.4, -0.2) is 32.9 Å². The quantitative estimate of drug-likeness (QED) is 0.817. The van der Waals surface area contributed by atoms with Crippen molar-refractivity contribution in [2.24, 2.45) is 11.8 Å². The molecule has 5 nitrogen and oxygen atoms in total. The van der Waals surface area contributed by atoms with Gasteiger partial charge in [0.25, 0.3) is 0 Å². The van der Waals surface area contributed by atoms with Gasteiger partial charge in [-0.25, -0.2) is 4.98 Å². The van der Waals surface area contributed by atoms with Crippen LogP contribution in [0.25, 0.3) is 0 Å². The number of hydrogen-bond donors (Lipinski definition) is 2. The van der Waals surface area contributed by atoms with E-state index in [0.717, 1.165) is 6.42 Å². The van der Waals surface area contributed by atoms with Gasteiger partial charge in [0.15, 0.2) is 5.16 Å². The van der Waals surface area contributed by atoms with Gasteiger partial charge in [-0.1, -0.05) is 38.5 Å². The van der Waals surface area contributed by atoms with E-state index in [1.54, 1.807) is 0 Å². The number of aromatic amines is 1. The van der Waals surface area contributed by atoms with Crippen molar-refractivity contribution < 1.29 is 4.79 Å². The Labute approximate surface area is 112 Å². The van der Waals surface area contributed by atoms with Crippen molar-refractivity contribution in [3.05, 3.63) is 6.33 Å². The summed E-state index contributed by atoms with van der Waals surface area (Å²) in [5, 5.41) is 10.3. The Hall–Kier alpha value is -1.04. The van der Waals surface area contributed by atoms with E-state index >= 15 is 0 Å². The Morgan fingerprint density at radius 3 is 3.11 bits per heavy atom. The number of H-pyrrole nitrogens is 1. The Morgan fingerprint density at radius 2 is 2.39 bits per heavy atom. The van der Waals surface area contributed by atoms with E-state index in [1.165, 1.54) is 30.9 Å². The highest BCUT2D eigenvalue weighted by atomic mass is 32.2. The Kier molecular flexibility index (Phi) is 4.63. The number of nitrogens with one attached hydrogen (secondary N) is 2. The fraction of sp³-hybridized carbons (Fsp3) is 0.750. The molecule has 1 aromatic rings. The maximum absolute atomic E-state index is 11.9. The molecule has 2 rings (SSSR count). The van der Waals surface area contributed by atoms with Crippen LogP contribution in [0, 0.1) is 11.8 Å². The monoisotopic (exact) mass is 268 g/mol. The van der Waals surface area contributed by atoms with Gasteiger partial charge < -0.3 is 5.32 Å². The van der Waals surface area contributed by atoms with Gasteiger partial charge in [-0.15, -0.1) is 0 Å². The van der Waals surface area contributed by atoms with Crippen LogP contribution in [0.2, 0.25) is 0 Å². The first-order valence-corrected chi connectivity index (χ1v) is 7.43. The summed E-state index contributed by atoms with van der Waals surface area (Å²) in [6.45, 7) is 4.50. The normalized spacial score (nSPS) is 28.0. The standard InChI is InChI=1S/C12H20N4OS/c1-8-4-3-5-10(9(8)2)15-11(17)6-18-12-13-7-14-16-12/h7-10H,3-6H2,1-2H3,(H,15,17)(H,13,14,16). The molecule has 2 N–H and O–H groups in total. The lowest BCUT2D eigenvalue weighted by Crippen LogP contribution is -2.44.